The second-order valence-electron chi connectivity index (χ2n) is 7.10. The van der Waals surface area contributed by atoms with Gasteiger partial charge >= 0.3 is 0 Å². The maximum absolute atomic E-state index is 11.6. The monoisotopic (exact) mass is 470 g/mol. The predicted molar refractivity (Wildman–Crippen MR) is 117 cm³/mol. The van der Waals surface area contributed by atoms with Crippen molar-refractivity contribution in [2.45, 2.75) is 38.5 Å². The number of amides is 1. The van der Waals surface area contributed by atoms with Crippen LogP contribution >= 0.6 is 24.0 Å². The van der Waals surface area contributed by atoms with E-state index < -0.39 is 0 Å². The van der Waals surface area contributed by atoms with E-state index in [-0.39, 0.29) is 29.9 Å². The second kappa shape index (κ2) is 10.1. The van der Waals surface area contributed by atoms with Gasteiger partial charge in [-0.1, -0.05) is 24.3 Å². The lowest BCUT2D eigenvalue weighted by Crippen LogP contribution is -2.46. The molecule has 0 spiro atoms. The molecule has 0 bridgehead atoms. The fourth-order valence-electron chi connectivity index (χ4n) is 3.86. The number of piperidine rings is 1. The zero-order chi connectivity index (χ0) is 17.6. The standard InChI is InChI=1S/C20H30N4O.HI/c1-3-22-20(23-14-17-13-16-6-4-5-7-18(16)17)24-10-8-15(9-11-24)12-19(25)21-2;/h4-7,15,17H,3,8-14H2,1-2H3,(H,21,25)(H,22,23);1H. The van der Waals surface area contributed by atoms with E-state index in [2.05, 4.69) is 46.7 Å². The number of aliphatic imine (C=N–C) groups is 1. The van der Waals surface area contributed by atoms with Crippen LogP contribution in [-0.4, -0.2) is 50.0 Å². The number of hydrogen-bond donors (Lipinski definition) is 2. The third-order valence-electron chi connectivity index (χ3n) is 5.42. The highest BCUT2D eigenvalue weighted by atomic mass is 127. The van der Waals surface area contributed by atoms with Crippen LogP contribution in [0.4, 0.5) is 0 Å². The van der Waals surface area contributed by atoms with Gasteiger partial charge in [0.2, 0.25) is 5.91 Å². The number of halogens is 1. The molecule has 1 heterocycles. The lowest BCUT2D eigenvalue weighted by Gasteiger charge is -2.35. The SMILES string of the molecule is CCNC(=NCC1Cc2ccccc21)N1CCC(CC(=O)NC)CC1.I. The van der Waals surface area contributed by atoms with Gasteiger partial charge in [-0.05, 0) is 43.2 Å². The molecule has 5 nitrogen and oxygen atoms in total. The number of guanidine groups is 1. The Bertz CT molecular complexity index is 626. The van der Waals surface area contributed by atoms with E-state index in [1.165, 1.54) is 11.1 Å². The van der Waals surface area contributed by atoms with Crippen LogP contribution in [0.1, 0.15) is 43.2 Å². The smallest absolute Gasteiger partial charge is 0.220 e. The van der Waals surface area contributed by atoms with Crippen LogP contribution < -0.4 is 10.6 Å². The lowest BCUT2D eigenvalue weighted by atomic mass is 9.78. The molecule has 2 N–H and O–H groups in total. The first-order chi connectivity index (χ1) is 12.2. The van der Waals surface area contributed by atoms with Crippen LogP contribution in [0.5, 0.6) is 0 Å². The molecule has 1 unspecified atom stereocenters. The molecule has 0 radical (unpaired) electrons. The molecule has 1 aromatic carbocycles. The van der Waals surface area contributed by atoms with Crippen LogP contribution in [0.25, 0.3) is 0 Å². The number of likely N-dealkylation sites (tertiary alicyclic amines) is 1. The lowest BCUT2D eigenvalue weighted by molar-refractivity contribution is -0.121. The molecule has 144 valence electrons. The molecule has 6 heteroatoms. The molecule has 0 aromatic heterocycles. The zero-order valence-electron chi connectivity index (χ0n) is 15.8. The minimum Gasteiger partial charge on any atom is -0.359 e. The number of hydrogen-bond acceptors (Lipinski definition) is 2. The van der Waals surface area contributed by atoms with E-state index >= 15 is 0 Å². The summed E-state index contributed by atoms with van der Waals surface area (Å²) in [5.74, 6) is 2.25. The van der Waals surface area contributed by atoms with Gasteiger partial charge in [-0.2, -0.15) is 0 Å². The Morgan fingerprint density at radius 2 is 2.00 bits per heavy atom. The summed E-state index contributed by atoms with van der Waals surface area (Å²) in [5, 5.41) is 6.17. The normalized spacial score (nSPS) is 19.8. The predicted octanol–water partition coefficient (Wildman–Crippen LogP) is 2.76. The average Bonchev–Trinajstić information content (AvgIpc) is 2.62. The zero-order valence-corrected chi connectivity index (χ0v) is 18.2. The Kier molecular flexibility index (Phi) is 8.18. The van der Waals surface area contributed by atoms with Crippen LogP contribution in [-0.2, 0) is 11.2 Å². The van der Waals surface area contributed by atoms with Crippen LogP contribution in [0, 0.1) is 5.92 Å². The van der Waals surface area contributed by atoms with Crippen molar-refractivity contribution in [1.82, 2.24) is 15.5 Å². The molecule has 26 heavy (non-hydrogen) atoms. The van der Waals surface area contributed by atoms with Gasteiger partial charge < -0.3 is 15.5 Å². The van der Waals surface area contributed by atoms with Crippen molar-refractivity contribution in [3.8, 4) is 0 Å². The Labute approximate surface area is 174 Å². The Morgan fingerprint density at radius 1 is 1.27 bits per heavy atom. The number of carbonyl (C=O) groups excluding carboxylic acids is 1. The summed E-state index contributed by atoms with van der Waals surface area (Å²) in [7, 11) is 1.71. The molecular formula is C20H31IN4O. The van der Waals surface area contributed by atoms with Gasteiger partial charge in [-0.15, -0.1) is 24.0 Å². The summed E-state index contributed by atoms with van der Waals surface area (Å²) in [6.45, 7) is 5.83. The third kappa shape index (κ3) is 5.11. The number of benzene rings is 1. The Hall–Kier alpha value is -1.31. The highest BCUT2D eigenvalue weighted by molar-refractivity contribution is 14.0. The number of carbonyl (C=O) groups is 1. The van der Waals surface area contributed by atoms with Crippen LogP contribution in [0.2, 0.25) is 0 Å². The summed E-state index contributed by atoms with van der Waals surface area (Å²) >= 11 is 0. The second-order valence-corrected chi connectivity index (χ2v) is 7.10. The quantitative estimate of drug-likeness (QED) is 0.396. The van der Waals surface area contributed by atoms with Gasteiger partial charge in [0.1, 0.15) is 0 Å². The van der Waals surface area contributed by atoms with Gasteiger partial charge in [-0.3, -0.25) is 9.79 Å². The van der Waals surface area contributed by atoms with Gasteiger partial charge in [0.25, 0.3) is 0 Å². The molecule has 1 aliphatic carbocycles. The van der Waals surface area contributed by atoms with Gasteiger partial charge in [0.15, 0.2) is 5.96 Å². The van der Waals surface area contributed by atoms with E-state index in [0.29, 0.717) is 18.3 Å². The number of fused-ring (bicyclic) bond motifs is 1. The van der Waals surface area contributed by atoms with Gasteiger partial charge in [-0.25, -0.2) is 0 Å². The van der Waals surface area contributed by atoms with Gasteiger partial charge in [0, 0.05) is 45.6 Å². The summed E-state index contributed by atoms with van der Waals surface area (Å²) in [4.78, 5) is 18.8. The number of nitrogens with one attached hydrogen (secondary N) is 2. The molecule has 1 amide bonds. The molecule has 1 aliphatic heterocycles. The fraction of sp³-hybridized carbons (Fsp3) is 0.600. The van der Waals surface area contributed by atoms with Crippen molar-refractivity contribution in [3.63, 3.8) is 0 Å². The van der Waals surface area contributed by atoms with Gasteiger partial charge in [0.05, 0.1) is 0 Å². The Balaban J connectivity index is 0.00000243. The summed E-state index contributed by atoms with van der Waals surface area (Å²) < 4.78 is 0. The van der Waals surface area contributed by atoms with Crippen molar-refractivity contribution in [2.24, 2.45) is 10.9 Å². The van der Waals surface area contributed by atoms with E-state index in [1.54, 1.807) is 7.05 Å². The first kappa shape index (κ1) is 21.0. The number of rotatable bonds is 5. The first-order valence-corrected chi connectivity index (χ1v) is 9.53. The minimum absolute atomic E-state index is 0. The van der Waals surface area contributed by atoms with E-state index in [0.717, 1.165) is 51.4 Å². The summed E-state index contributed by atoms with van der Waals surface area (Å²) in [6, 6.07) is 8.69. The largest absolute Gasteiger partial charge is 0.359 e. The molecular weight excluding hydrogens is 439 g/mol. The minimum atomic E-state index is 0. The molecule has 1 atom stereocenters. The topological polar surface area (TPSA) is 56.7 Å². The van der Waals surface area contributed by atoms with Crippen molar-refractivity contribution >= 4 is 35.8 Å². The third-order valence-corrected chi connectivity index (χ3v) is 5.42. The molecule has 0 saturated carbocycles. The molecule has 1 saturated heterocycles. The molecule has 1 fully saturated rings. The summed E-state index contributed by atoms with van der Waals surface area (Å²) in [6.07, 6.45) is 3.92. The van der Waals surface area contributed by atoms with Crippen molar-refractivity contribution < 1.29 is 4.79 Å². The molecule has 2 aliphatic rings. The summed E-state index contributed by atoms with van der Waals surface area (Å²) in [5.41, 5.74) is 2.94. The maximum Gasteiger partial charge on any atom is 0.220 e. The fourth-order valence-corrected chi connectivity index (χ4v) is 3.86. The van der Waals surface area contributed by atoms with Crippen LogP contribution in [0.3, 0.4) is 0 Å². The van der Waals surface area contributed by atoms with Crippen molar-refractivity contribution in [2.75, 3.05) is 33.2 Å². The molecule has 3 rings (SSSR count). The Morgan fingerprint density at radius 3 is 2.65 bits per heavy atom. The van der Waals surface area contributed by atoms with E-state index in [4.69, 9.17) is 4.99 Å². The molecule has 1 aromatic rings. The van der Waals surface area contributed by atoms with E-state index in [9.17, 15) is 4.79 Å². The van der Waals surface area contributed by atoms with Crippen molar-refractivity contribution in [3.05, 3.63) is 35.4 Å². The van der Waals surface area contributed by atoms with E-state index in [1.807, 2.05) is 0 Å². The maximum atomic E-state index is 11.6. The first-order valence-electron chi connectivity index (χ1n) is 9.53. The highest BCUT2D eigenvalue weighted by Crippen LogP contribution is 2.34. The average molecular weight is 470 g/mol. The number of nitrogens with zero attached hydrogens (tertiary/aromatic N) is 2. The van der Waals surface area contributed by atoms with Crippen molar-refractivity contribution in [1.29, 1.82) is 0 Å². The highest BCUT2D eigenvalue weighted by Gasteiger charge is 2.26. The van der Waals surface area contributed by atoms with Crippen LogP contribution in [0.15, 0.2) is 29.3 Å².